The molecule has 246 valence electrons. The van der Waals surface area contributed by atoms with Crippen LogP contribution >= 0.6 is 10.0 Å². The van der Waals surface area contributed by atoms with Gasteiger partial charge in [-0.1, -0.05) is 56.5 Å². The van der Waals surface area contributed by atoms with Crippen molar-refractivity contribution in [2.45, 2.75) is 106 Å². The Kier molecular flexibility index (Phi) is 11.2. The van der Waals surface area contributed by atoms with Crippen LogP contribution in [-0.4, -0.2) is 83.3 Å². The number of amides is 4. The number of nitrogens with zero attached hydrogens (tertiary/aromatic N) is 4. The predicted molar refractivity (Wildman–Crippen MR) is 174 cm³/mol. The standard InChI is InChI=1S/C32H47N7O5S/c1-45(2,3)24-14-12-22(13-15-24)29(42)35-25(18-21-10-6-4-7-11-21)31(44)39-20-23(37-38-34)19-26(39)30(43)36-32(27(40)28(33)41)16-8-5-9-17-32/h12-15,21,23,25-26H,4-11,16-20H2,1-3H3,(H2,33,41)(H,35,42)(H,36,43)/t23?,25-,26+/m1/s1. The Morgan fingerprint density at radius 1 is 1.02 bits per heavy atom. The van der Waals surface area contributed by atoms with Crippen molar-refractivity contribution in [2.24, 2.45) is 16.8 Å². The van der Waals surface area contributed by atoms with E-state index >= 15 is 0 Å². The Bertz CT molecular complexity index is 1330. The van der Waals surface area contributed by atoms with Crippen molar-refractivity contribution < 1.29 is 24.0 Å². The number of nitrogens with two attached hydrogens (primary N) is 1. The molecular weight excluding hydrogens is 594 g/mol. The number of benzene rings is 1. The average molecular weight is 642 g/mol. The van der Waals surface area contributed by atoms with Gasteiger partial charge in [0.05, 0.1) is 6.04 Å². The van der Waals surface area contributed by atoms with E-state index in [1.807, 2.05) is 12.1 Å². The third-order valence-corrected chi connectivity index (χ3v) is 11.2. The van der Waals surface area contributed by atoms with Gasteiger partial charge in [0.2, 0.25) is 17.6 Å². The van der Waals surface area contributed by atoms with Crippen molar-refractivity contribution in [3.05, 3.63) is 40.3 Å². The van der Waals surface area contributed by atoms with Crippen LogP contribution in [0.3, 0.4) is 0 Å². The van der Waals surface area contributed by atoms with Gasteiger partial charge in [0.25, 0.3) is 11.8 Å². The molecule has 3 fully saturated rings. The van der Waals surface area contributed by atoms with Crippen LogP contribution in [0.2, 0.25) is 0 Å². The summed E-state index contributed by atoms with van der Waals surface area (Å²) in [5.74, 6) is -3.13. The summed E-state index contributed by atoms with van der Waals surface area (Å²) in [4.78, 5) is 72.0. The van der Waals surface area contributed by atoms with Crippen LogP contribution in [0.25, 0.3) is 10.4 Å². The average Bonchev–Trinajstić information content (AvgIpc) is 3.45. The number of carbonyl (C=O) groups is 5. The first-order chi connectivity index (χ1) is 21.3. The molecule has 13 heteroatoms. The summed E-state index contributed by atoms with van der Waals surface area (Å²) < 4.78 is 0. The summed E-state index contributed by atoms with van der Waals surface area (Å²) in [6, 6.07) is 4.83. The quantitative estimate of drug-likeness (QED) is 0.143. The molecule has 0 radical (unpaired) electrons. The number of primary amides is 1. The number of rotatable bonds is 11. The van der Waals surface area contributed by atoms with Crippen LogP contribution in [-0.2, 0) is 19.2 Å². The van der Waals surface area contributed by atoms with E-state index < -0.39 is 57.2 Å². The van der Waals surface area contributed by atoms with Crippen LogP contribution in [0.15, 0.2) is 34.3 Å². The molecule has 1 aromatic rings. The third-order valence-electron chi connectivity index (χ3n) is 9.53. The third kappa shape index (κ3) is 8.38. The summed E-state index contributed by atoms with van der Waals surface area (Å²) in [6.07, 6.45) is 14.8. The molecule has 4 rings (SSSR count). The molecule has 1 heterocycles. The first-order valence-electron chi connectivity index (χ1n) is 15.9. The van der Waals surface area contributed by atoms with Crippen molar-refractivity contribution in [3.63, 3.8) is 0 Å². The van der Waals surface area contributed by atoms with E-state index in [9.17, 15) is 24.0 Å². The smallest absolute Gasteiger partial charge is 0.287 e. The molecule has 0 spiro atoms. The lowest BCUT2D eigenvalue weighted by molar-refractivity contribution is -0.145. The second kappa shape index (κ2) is 14.7. The zero-order chi connectivity index (χ0) is 32.8. The monoisotopic (exact) mass is 641 g/mol. The Morgan fingerprint density at radius 3 is 2.22 bits per heavy atom. The van der Waals surface area contributed by atoms with Crippen LogP contribution in [0, 0.1) is 5.92 Å². The van der Waals surface area contributed by atoms with Gasteiger partial charge in [-0.15, -0.1) is 0 Å². The lowest BCUT2D eigenvalue weighted by atomic mass is 9.78. The fraction of sp³-hybridized carbons (Fsp3) is 0.656. The number of hydrogen-bond acceptors (Lipinski definition) is 6. The largest absolute Gasteiger partial charge is 0.363 e. The molecule has 4 amide bonds. The molecule has 1 aliphatic heterocycles. The van der Waals surface area contributed by atoms with Crippen molar-refractivity contribution >= 4 is 39.4 Å². The van der Waals surface area contributed by atoms with Gasteiger partial charge < -0.3 is 21.3 Å². The van der Waals surface area contributed by atoms with E-state index in [0.717, 1.165) is 43.4 Å². The number of likely N-dealkylation sites (tertiary alicyclic amines) is 1. The Morgan fingerprint density at radius 2 is 1.64 bits per heavy atom. The van der Waals surface area contributed by atoms with Crippen molar-refractivity contribution in [1.82, 2.24) is 15.5 Å². The maximum atomic E-state index is 14.3. The van der Waals surface area contributed by atoms with Crippen LogP contribution in [0.4, 0.5) is 0 Å². The number of nitrogens with one attached hydrogen (secondary N) is 2. The Hall–Kier alpha value is -3.57. The van der Waals surface area contributed by atoms with Crippen LogP contribution < -0.4 is 16.4 Å². The number of hydrogen-bond donors (Lipinski definition) is 3. The molecular formula is C32H47N7O5S. The predicted octanol–water partition coefficient (Wildman–Crippen LogP) is 3.96. The van der Waals surface area contributed by atoms with E-state index in [0.29, 0.717) is 24.8 Å². The minimum Gasteiger partial charge on any atom is -0.363 e. The molecule has 12 nitrogen and oxygen atoms in total. The number of carbonyl (C=O) groups excluding carboxylic acids is 5. The second-order valence-electron chi connectivity index (χ2n) is 13.6. The van der Waals surface area contributed by atoms with Gasteiger partial charge >= 0.3 is 0 Å². The fourth-order valence-corrected chi connectivity index (χ4v) is 7.97. The number of ketones is 1. The zero-order valence-electron chi connectivity index (χ0n) is 26.6. The Labute approximate surface area is 266 Å². The van der Waals surface area contributed by atoms with Gasteiger partial charge in [0.15, 0.2) is 0 Å². The SMILES string of the molecule is CS(C)(C)c1ccc(C(=O)N[C@H](CC2CCCCC2)C(=O)N2CC(N=[N+]=[N-])C[C@H]2C(=O)NC2(C(=O)C(N)=O)CCCCC2)cc1. The lowest BCUT2D eigenvalue weighted by Gasteiger charge is -2.38. The van der Waals surface area contributed by atoms with E-state index in [2.05, 4.69) is 39.4 Å². The van der Waals surface area contributed by atoms with Crippen molar-refractivity contribution in [2.75, 3.05) is 25.3 Å². The normalized spacial score (nSPS) is 22.9. The van der Waals surface area contributed by atoms with E-state index in [-0.39, 0.29) is 37.6 Å². The molecule has 45 heavy (non-hydrogen) atoms. The minimum absolute atomic E-state index is 0.00214. The van der Waals surface area contributed by atoms with Gasteiger partial charge in [-0.25, -0.2) is 10.0 Å². The fourth-order valence-electron chi connectivity index (χ4n) is 7.02. The van der Waals surface area contributed by atoms with Gasteiger partial charge in [0.1, 0.15) is 17.6 Å². The van der Waals surface area contributed by atoms with Crippen LogP contribution in [0.5, 0.6) is 0 Å². The summed E-state index contributed by atoms with van der Waals surface area (Å²) >= 11 is 0. The van der Waals surface area contributed by atoms with Gasteiger partial charge in [-0.2, -0.15) is 0 Å². The molecule has 4 N–H and O–H groups in total. The van der Waals surface area contributed by atoms with E-state index in [4.69, 9.17) is 11.3 Å². The first-order valence-corrected chi connectivity index (χ1v) is 18.8. The highest BCUT2D eigenvalue weighted by molar-refractivity contribution is 8.32. The van der Waals surface area contributed by atoms with Crippen LogP contribution in [0.1, 0.15) is 87.4 Å². The molecule has 1 saturated heterocycles. The molecule has 3 atom stereocenters. The van der Waals surface area contributed by atoms with Gasteiger partial charge in [-0.05, 0) is 85.1 Å². The van der Waals surface area contributed by atoms with E-state index in [1.165, 1.54) is 4.90 Å². The highest BCUT2D eigenvalue weighted by atomic mass is 32.3. The molecule has 2 aliphatic carbocycles. The summed E-state index contributed by atoms with van der Waals surface area (Å²) in [5, 5.41) is 9.58. The van der Waals surface area contributed by atoms with Gasteiger partial charge in [0, 0.05) is 17.0 Å². The molecule has 3 aliphatic rings. The molecule has 1 unspecified atom stereocenters. The summed E-state index contributed by atoms with van der Waals surface area (Å²) in [5.41, 5.74) is 13.5. The second-order valence-corrected chi connectivity index (χ2v) is 17.7. The molecule has 1 aromatic carbocycles. The number of Topliss-reactive ketones (excluding diaryl/α,β-unsaturated/α-hetero) is 1. The van der Waals surface area contributed by atoms with Crippen molar-refractivity contribution in [1.29, 1.82) is 0 Å². The minimum atomic E-state index is -1.43. The first kappa shape index (κ1) is 34.3. The highest BCUT2D eigenvalue weighted by Crippen LogP contribution is 2.44. The maximum Gasteiger partial charge on any atom is 0.287 e. The zero-order valence-corrected chi connectivity index (χ0v) is 27.4. The lowest BCUT2D eigenvalue weighted by Crippen LogP contribution is -2.62. The molecule has 0 aromatic heterocycles. The highest BCUT2D eigenvalue weighted by Gasteiger charge is 2.48. The summed E-state index contributed by atoms with van der Waals surface area (Å²) in [7, 11) is -0.973. The Balaban J connectivity index is 1.60. The van der Waals surface area contributed by atoms with E-state index in [1.54, 1.807) is 12.1 Å². The molecule has 0 bridgehead atoms. The number of azide groups is 1. The van der Waals surface area contributed by atoms with Crippen molar-refractivity contribution in [3.8, 4) is 0 Å². The van der Waals surface area contributed by atoms with Gasteiger partial charge in [-0.3, -0.25) is 24.0 Å². The summed E-state index contributed by atoms with van der Waals surface area (Å²) in [6.45, 7) is -0.00214. The topological polar surface area (TPSA) is 187 Å². The molecule has 2 saturated carbocycles. The maximum absolute atomic E-state index is 14.3.